The molecule has 0 bridgehead atoms. The molecule has 1 unspecified atom stereocenters. The van der Waals surface area contributed by atoms with Gasteiger partial charge in [-0.1, -0.05) is 12.1 Å². The number of ether oxygens (including phenoxy) is 1. The van der Waals surface area contributed by atoms with Crippen molar-refractivity contribution >= 4 is 0 Å². The van der Waals surface area contributed by atoms with Gasteiger partial charge < -0.3 is 10.5 Å². The molecule has 1 aromatic rings. The number of aryl methyl sites for hydroxylation is 1. The highest BCUT2D eigenvalue weighted by atomic mass is 19.4. The van der Waals surface area contributed by atoms with Gasteiger partial charge in [-0.2, -0.15) is 13.2 Å². The van der Waals surface area contributed by atoms with Gasteiger partial charge in [0, 0.05) is 0 Å². The predicted molar refractivity (Wildman–Crippen MR) is 60.1 cm³/mol. The lowest BCUT2D eigenvalue weighted by molar-refractivity contribution is -0.180. The van der Waals surface area contributed by atoms with E-state index < -0.39 is 11.7 Å². The van der Waals surface area contributed by atoms with Crippen molar-refractivity contribution in [2.45, 2.75) is 32.0 Å². The Morgan fingerprint density at radius 1 is 1.29 bits per heavy atom. The van der Waals surface area contributed by atoms with E-state index in [0.29, 0.717) is 11.3 Å². The molecule has 0 radical (unpaired) electrons. The van der Waals surface area contributed by atoms with Crippen molar-refractivity contribution in [1.29, 1.82) is 0 Å². The molecular formula is C12H16F3NO. The van der Waals surface area contributed by atoms with Crippen LogP contribution in [0.25, 0.3) is 0 Å². The van der Waals surface area contributed by atoms with Crippen LogP contribution in [-0.2, 0) is 6.42 Å². The molecule has 0 aliphatic rings. The Kier molecular flexibility index (Phi) is 3.71. The second kappa shape index (κ2) is 4.56. The predicted octanol–water partition coefficient (Wildman–Crippen LogP) is 2.83. The van der Waals surface area contributed by atoms with Gasteiger partial charge in [0.15, 0.2) is 0 Å². The van der Waals surface area contributed by atoms with E-state index in [2.05, 4.69) is 0 Å². The number of hydrogen-bond acceptors (Lipinski definition) is 2. The fourth-order valence-corrected chi connectivity index (χ4v) is 1.57. The van der Waals surface area contributed by atoms with Crippen LogP contribution in [0.1, 0.15) is 18.1 Å². The monoisotopic (exact) mass is 247 g/mol. The zero-order valence-electron chi connectivity index (χ0n) is 10.1. The van der Waals surface area contributed by atoms with Crippen LogP contribution in [0.2, 0.25) is 0 Å². The molecular weight excluding hydrogens is 231 g/mol. The minimum Gasteiger partial charge on any atom is -0.496 e. The number of halogens is 3. The fraction of sp³-hybridized carbons (Fsp3) is 0.500. The third-order valence-electron chi connectivity index (χ3n) is 2.68. The first-order chi connectivity index (χ1) is 7.67. The summed E-state index contributed by atoms with van der Waals surface area (Å²) in [7, 11) is 1.52. The van der Waals surface area contributed by atoms with Gasteiger partial charge in [0.05, 0.1) is 7.11 Å². The van der Waals surface area contributed by atoms with Crippen LogP contribution in [0.15, 0.2) is 18.2 Å². The summed E-state index contributed by atoms with van der Waals surface area (Å²) in [6.45, 7) is 2.77. The Bertz CT molecular complexity index is 399. The number of benzene rings is 1. The summed E-state index contributed by atoms with van der Waals surface area (Å²) in [4.78, 5) is 0. The molecule has 0 fully saturated rings. The Labute approximate surface area is 98.6 Å². The summed E-state index contributed by atoms with van der Waals surface area (Å²) in [5.41, 5.74) is 4.42. The van der Waals surface area contributed by atoms with E-state index in [1.165, 1.54) is 7.11 Å². The van der Waals surface area contributed by atoms with E-state index in [9.17, 15) is 13.2 Å². The summed E-state index contributed by atoms with van der Waals surface area (Å²) in [6, 6.07) is 4.91. The van der Waals surface area contributed by atoms with Crippen LogP contribution >= 0.6 is 0 Å². The van der Waals surface area contributed by atoms with Crippen molar-refractivity contribution < 1.29 is 17.9 Å². The van der Waals surface area contributed by atoms with Gasteiger partial charge in [-0.3, -0.25) is 0 Å². The summed E-state index contributed by atoms with van der Waals surface area (Å²) >= 11 is 0. The van der Waals surface area contributed by atoms with Gasteiger partial charge >= 0.3 is 6.18 Å². The molecule has 1 rings (SSSR count). The van der Waals surface area contributed by atoms with E-state index >= 15 is 0 Å². The molecule has 0 aliphatic carbocycles. The van der Waals surface area contributed by atoms with Crippen molar-refractivity contribution in [2.75, 3.05) is 7.11 Å². The smallest absolute Gasteiger partial charge is 0.406 e. The lowest BCUT2D eigenvalue weighted by Gasteiger charge is -2.27. The summed E-state index contributed by atoms with van der Waals surface area (Å²) in [5.74, 6) is 0.652. The molecule has 0 heterocycles. The Morgan fingerprint density at radius 3 is 2.29 bits per heavy atom. The molecule has 2 nitrogen and oxygen atoms in total. The van der Waals surface area contributed by atoms with Crippen LogP contribution < -0.4 is 10.5 Å². The third-order valence-corrected chi connectivity index (χ3v) is 2.68. The number of nitrogens with two attached hydrogens (primary N) is 1. The van der Waals surface area contributed by atoms with Gasteiger partial charge in [0.25, 0.3) is 0 Å². The van der Waals surface area contributed by atoms with Gasteiger partial charge in [0.1, 0.15) is 11.3 Å². The molecule has 5 heteroatoms. The molecule has 96 valence electrons. The molecule has 0 saturated carbocycles. The molecule has 1 aromatic carbocycles. The van der Waals surface area contributed by atoms with Crippen molar-refractivity contribution in [2.24, 2.45) is 5.73 Å². The average molecular weight is 247 g/mol. The maximum atomic E-state index is 12.6. The van der Waals surface area contributed by atoms with Gasteiger partial charge in [0.2, 0.25) is 0 Å². The highest BCUT2D eigenvalue weighted by Gasteiger charge is 2.47. The number of alkyl halides is 3. The van der Waals surface area contributed by atoms with Crippen LogP contribution in [0, 0.1) is 6.92 Å². The Balaban J connectivity index is 2.93. The van der Waals surface area contributed by atoms with E-state index in [1.54, 1.807) is 25.1 Å². The van der Waals surface area contributed by atoms with Crippen molar-refractivity contribution in [3.05, 3.63) is 29.3 Å². The second-order valence-corrected chi connectivity index (χ2v) is 4.40. The quantitative estimate of drug-likeness (QED) is 0.891. The lowest BCUT2D eigenvalue weighted by atomic mass is 9.92. The van der Waals surface area contributed by atoms with Gasteiger partial charge in [-0.15, -0.1) is 0 Å². The molecule has 2 N–H and O–H groups in total. The first-order valence-corrected chi connectivity index (χ1v) is 5.16. The number of hydrogen-bond donors (Lipinski definition) is 1. The molecule has 1 atom stereocenters. The zero-order valence-corrected chi connectivity index (χ0v) is 10.1. The number of rotatable bonds is 3. The first kappa shape index (κ1) is 13.8. The van der Waals surface area contributed by atoms with Crippen molar-refractivity contribution in [3.63, 3.8) is 0 Å². The fourth-order valence-electron chi connectivity index (χ4n) is 1.57. The molecule has 0 aliphatic heterocycles. The minimum atomic E-state index is -4.42. The van der Waals surface area contributed by atoms with E-state index in [4.69, 9.17) is 10.5 Å². The maximum Gasteiger partial charge on any atom is 0.406 e. The highest BCUT2D eigenvalue weighted by molar-refractivity contribution is 5.36. The summed E-state index contributed by atoms with van der Waals surface area (Å²) in [5, 5.41) is 0. The zero-order chi connectivity index (χ0) is 13.3. The lowest BCUT2D eigenvalue weighted by Crippen LogP contribution is -2.52. The van der Waals surface area contributed by atoms with E-state index in [0.717, 1.165) is 12.5 Å². The van der Waals surface area contributed by atoms with E-state index in [-0.39, 0.29) is 6.42 Å². The maximum absolute atomic E-state index is 12.6. The van der Waals surface area contributed by atoms with Crippen molar-refractivity contribution in [3.8, 4) is 5.75 Å². The second-order valence-electron chi connectivity index (χ2n) is 4.40. The third kappa shape index (κ3) is 3.12. The largest absolute Gasteiger partial charge is 0.496 e. The van der Waals surface area contributed by atoms with Gasteiger partial charge in [-0.25, -0.2) is 0 Å². The molecule has 0 saturated heterocycles. The Morgan fingerprint density at radius 2 is 1.88 bits per heavy atom. The van der Waals surface area contributed by atoms with Crippen LogP contribution in [0.4, 0.5) is 13.2 Å². The summed E-state index contributed by atoms with van der Waals surface area (Å²) < 4.78 is 42.9. The standard InChI is InChI=1S/C12H16F3NO/c1-8-6-9(4-5-10(8)17-3)7-11(2,16)12(13,14)15/h4-6H,7,16H2,1-3H3. The van der Waals surface area contributed by atoms with Crippen LogP contribution in [0.3, 0.4) is 0 Å². The SMILES string of the molecule is COc1ccc(CC(C)(N)C(F)(F)F)cc1C. The average Bonchev–Trinajstić information content (AvgIpc) is 2.15. The first-order valence-electron chi connectivity index (χ1n) is 5.16. The Hall–Kier alpha value is -1.23. The molecule has 17 heavy (non-hydrogen) atoms. The van der Waals surface area contributed by atoms with E-state index in [1.807, 2.05) is 0 Å². The normalized spacial score (nSPS) is 15.5. The topological polar surface area (TPSA) is 35.2 Å². The van der Waals surface area contributed by atoms with Crippen LogP contribution in [-0.4, -0.2) is 18.8 Å². The van der Waals surface area contributed by atoms with Gasteiger partial charge in [-0.05, 0) is 37.5 Å². The molecule has 0 amide bonds. The van der Waals surface area contributed by atoms with Crippen molar-refractivity contribution in [1.82, 2.24) is 0 Å². The minimum absolute atomic E-state index is 0.249. The summed E-state index contributed by atoms with van der Waals surface area (Å²) in [6.07, 6.45) is -4.66. The highest BCUT2D eigenvalue weighted by Crippen LogP contribution is 2.31. The molecule has 0 aromatic heterocycles. The number of methoxy groups -OCH3 is 1. The molecule has 0 spiro atoms. The van der Waals surface area contributed by atoms with Crippen LogP contribution in [0.5, 0.6) is 5.75 Å².